The van der Waals surface area contributed by atoms with E-state index < -0.39 is 5.97 Å². The molecule has 2 aromatic rings. The topological polar surface area (TPSA) is 72.3 Å². The first-order valence-electron chi connectivity index (χ1n) is 4.67. The molecule has 1 N–H and O–H groups in total. The Hall–Kier alpha value is -2.17. The summed E-state index contributed by atoms with van der Waals surface area (Å²) in [5.41, 5.74) is 0.878. The Morgan fingerprint density at radius 2 is 2.25 bits per heavy atom. The lowest BCUT2D eigenvalue weighted by atomic mass is 10.1. The molecule has 0 spiro atoms. The first-order chi connectivity index (χ1) is 7.65. The molecular weight excluding hydrogens is 208 g/mol. The molecule has 16 heavy (non-hydrogen) atoms. The Balaban J connectivity index is 2.80. The van der Waals surface area contributed by atoms with E-state index in [-0.39, 0.29) is 11.4 Å². The summed E-state index contributed by atoms with van der Waals surface area (Å²) in [6.45, 7) is 1.75. The molecule has 0 saturated carbocycles. The molecule has 0 aliphatic heterocycles. The largest absolute Gasteiger partial charge is 0.504 e. The first-order valence-corrected chi connectivity index (χ1v) is 4.67. The molecular formula is C11H10N2O3. The standard InChI is InChI=1S/C11H10N2O3/c1-6-7-4-3-5-12-8(7)10(14)9(13-6)11(15)16-2/h3-5,14H,1-2H3. The maximum absolute atomic E-state index is 11.4. The highest BCUT2D eigenvalue weighted by Crippen LogP contribution is 2.27. The number of carbonyl (C=O) groups excluding carboxylic acids is 1. The van der Waals surface area contributed by atoms with E-state index in [0.29, 0.717) is 16.6 Å². The van der Waals surface area contributed by atoms with E-state index in [4.69, 9.17) is 0 Å². The molecule has 0 aliphatic carbocycles. The van der Waals surface area contributed by atoms with Crippen LogP contribution in [0.5, 0.6) is 5.75 Å². The predicted octanol–water partition coefficient (Wildman–Crippen LogP) is 1.43. The highest BCUT2D eigenvalue weighted by atomic mass is 16.5. The van der Waals surface area contributed by atoms with Crippen molar-refractivity contribution in [2.24, 2.45) is 0 Å². The van der Waals surface area contributed by atoms with Crippen LogP contribution >= 0.6 is 0 Å². The van der Waals surface area contributed by atoms with Crippen molar-refractivity contribution in [3.63, 3.8) is 0 Å². The number of carbonyl (C=O) groups is 1. The number of pyridine rings is 2. The molecule has 0 aliphatic rings. The smallest absolute Gasteiger partial charge is 0.360 e. The van der Waals surface area contributed by atoms with E-state index in [1.165, 1.54) is 7.11 Å². The van der Waals surface area contributed by atoms with Gasteiger partial charge in [0.1, 0.15) is 5.52 Å². The number of aromatic hydroxyl groups is 1. The molecule has 2 heterocycles. The van der Waals surface area contributed by atoms with Crippen molar-refractivity contribution < 1.29 is 14.6 Å². The van der Waals surface area contributed by atoms with Crippen LogP contribution in [0.25, 0.3) is 10.9 Å². The van der Waals surface area contributed by atoms with Crippen LogP contribution in [-0.2, 0) is 4.74 Å². The number of hydrogen-bond donors (Lipinski definition) is 1. The van der Waals surface area contributed by atoms with Gasteiger partial charge in [0.15, 0.2) is 11.4 Å². The summed E-state index contributed by atoms with van der Waals surface area (Å²) >= 11 is 0. The molecule has 0 amide bonds. The Labute approximate surface area is 91.7 Å². The molecule has 5 heteroatoms. The van der Waals surface area contributed by atoms with Gasteiger partial charge in [0.2, 0.25) is 0 Å². The lowest BCUT2D eigenvalue weighted by Crippen LogP contribution is -2.06. The summed E-state index contributed by atoms with van der Waals surface area (Å²) in [4.78, 5) is 19.4. The average molecular weight is 218 g/mol. The second kappa shape index (κ2) is 3.77. The van der Waals surface area contributed by atoms with Crippen LogP contribution in [0, 0.1) is 6.92 Å². The van der Waals surface area contributed by atoms with Crippen molar-refractivity contribution in [1.82, 2.24) is 9.97 Å². The van der Waals surface area contributed by atoms with Gasteiger partial charge in [-0.3, -0.25) is 4.98 Å². The number of rotatable bonds is 1. The van der Waals surface area contributed by atoms with Gasteiger partial charge in [0, 0.05) is 17.3 Å². The molecule has 0 fully saturated rings. The maximum atomic E-state index is 11.4. The highest BCUT2D eigenvalue weighted by molar-refractivity contribution is 5.98. The van der Waals surface area contributed by atoms with Crippen molar-refractivity contribution in [2.45, 2.75) is 6.92 Å². The van der Waals surface area contributed by atoms with Crippen molar-refractivity contribution >= 4 is 16.9 Å². The van der Waals surface area contributed by atoms with Crippen LogP contribution in [0.2, 0.25) is 0 Å². The quantitative estimate of drug-likeness (QED) is 0.733. The zero-order chi connectivity index (χ0) is 11.7. The Morgan fingerprint density at radius 3 is 2.94 bits per heavy atom. The number of aryl methyl sites for hydroxylation is 1. The van der Waals surface area contributed by atoms with Crippen LogP contribution < -0.4 is 0 Å². The Bertz CT molecular complexity index is 566. The van der Waals surface area contributed by atoms with Crippen LogP contribution in [-0.4, -0.2) is 28.2 Å². The van der Waals surface area contributed by atoms with E-state index in [0.717, 1.165) is 0 Å². The van der Waals surface area contributed by atoms with Crippen molar-refractivity contribution in [2.75, 3.05) is 7.11 Å². The third-order valence-electron chi connectivity index (χ3n) is 2.30. The molecule has 0 radical (unpaired) electrons. The summed E-state index contributed by atoms with van der Waals surface area (Å²) in [6.07, 6.45) is 1.54. The number of fused-ring (bicyclic) bond motifs is 1. The maximum Gasteiger partial charge on any atom is 0.360 e. The third-order valence-corrected chi connectivity index (χ3v) is 2.30. The van der Waals surface area contributed by atoms with Gasteiger partial charge in [-0.15, -0.1) is 0 Å². The fourth-order valence-corrected chi connectivity index (χ4v) is 1.52. The number of methoxy groups -OCH3 is 1. The van der Waals surface area contributed by atoms with Gasteiger partial charge in [-0.25, -0.2) is 9.78 Å². The minimum atomic E-state index is -0.673. The zero-order valence-electron chi connectivity index (χ0n) is 8.89. The van der Waals surface area contributed by atoms with Crippen LogP contribution in [0.3, 0.4) is 0 Å². The minimum absolute atomic E-state index is 0.105. The molecule has 0 bridgehead atoms. The minimum Gasteiger partial charge on any atom is -0.504 e. The number of esters is 1. The molecule has 2 rings (SSSR count). The lowest BCUT2D eigenvalue weighted by molar-refractivity contribution is 0.0590. The Kier molecular flexibility index (Phi) is 2.44. The van der Waals surface area contributed by atoms with Gasteiger partial charge < -0.3 is 9.84 Å². The fourth-order valence-electron chi connectivity index (χ4n) is 1.52. The fraction of sp³-hybridized carbons (Fsp3) is 0.182. The monoisotopic (exact) mass is 218 g/mol. The van der Waals surface area contributed by atoms with Crippen LogP contribution in [0.1, 0.15) is 16.2 Å². The van der Waals surface area contributed by atoms with E-state index >= 15 is 0 Å². The summed E-state index contributed by atoms with van der Waals surface area (Å²) in [6, 6.07) is 3.53. The highest BCUT2D eigenvalue weighted by Gasteiger charge is 2.18. The second-order valence-electron chi connectivity index (χ2n) is 3.29. The summed E-state index contributed by atoms with van der Waals surface area (Å²) in [5, 5.41) is 10.6. The summed E-state index contributed by atoms with van der Waals surface area (Å²) in [5.74, 6) is -0.916. The molecule has 0 unspecified atom stereocenters. The third kappa shape index (κ3) is 1.46. The number of hydrogen-bond acceptors (Lipinski definition) is 5. The SMILES string of the molecule is COC(=O)c1nc(C)c2cccnc2c1O. The molecule has 5 nitrogen and oxygen atoms in total. The van der Waals surface area contributed by atoms with Crippen molar-refractivity contribution in [1.29, 1.82) is 0 Å². The summed E-state index contributed by atoms with van der Waals surface area (Å²) < 4.78 is 4.53. The van der Waals surface area contributed by atoms with Crippen LogP contribution in [0.15, 0.2) is 18.3 Å². The van der Waals surface area contributed by atoms with Gasteiger partial charge in [0.25, 0.3) is 0 Å². The van der Waals surface area contributed by atoms with Gasteiger partial charge in [0.05, 0.1) is 7.11 Å². The molecule has 82 valence electrons. The van der Waals surface area contributed by atoms with Crippen molar-refractivity contribution in [3.8, 4) is 5.75 Å². The van der Waals surface area contributed by atoms with Crippen molar-refractivity contribution in [3.05, 3.63) is 29.7 Å². The lowest BCUT2D eigenvalue weighted by Gasteiger charge is -2.07. The molecule has 2 aromatic heterocycles. The number of aromatic nitrogens is 2. The van der Waals surface area contributed by atoms with E-state index in [1.54, 1.807) is 25.3 Å². The predicted molar refractivity (Wildman–Crippen MR) is 57.3 cm³/mol. The second-order valence-corrected chi connectivity index (χ2v) is 3.29. The Morgan fingerprint density at radius 1 is 1.50 bits per heavy atom. The van der Waals surface area contributed by atoms with E-state index in [9.17, 15) is 9.90 Å². The average Bonchev–Trinajstić information content (AvgIpc) is 2.33. The van der Waals surface area contributed by atoms with E-state index in [2.05, 4.69) is 14.7 Å². The first kappa shape index (κ1) is 10.4. The van der Waals surface area contributed by atoms with Gasteiger partial charge in [-0.1, -0.05) is 0 Å². The number of ether oxygens (including phenoxy) is 1. The van der Waals surface area contributed by atoms with E-state index in [1.807, 2.05) is 0 Å². The zero-order valence-corrected chi connectivity index (χ0v) is 8.89. The van der Waals surface area contributed by atoms with Gasteiger partial charge in [-0.05, 0) is 19.1 Å². The number of nitrogens with zero attached hydrogens (tertiary/aromatic N) is 2. The summed E-state index contributed by atoms with van der Waals surface area (Å²) in [7, 11) is 1.24. The molecule has 0 atom stereocenters. The van der Waals surface area contributed by atoms with Gasteiger partial charge in [-0.2, -0.15) is 0 Å². The van der Waals surface area contributed by atoms with Gasteiger partial charge >= 0.3 is 5.97 Å². The molecule has 0 saturated heterocycles. The normalized spacial score (nSPS) is 10.4. The van der Waals surface area contributed by atoms with Crippen LogP contribution in [0.4, 0.5) is 0 Å². The molecule has 0 aromatic carbocycles.